The number of hydrogen-bond acceptors (Lipinski definition) is 4. The van der Waals surface area contributed by atoms with Crippen molar-refractivity contribution in [1.82, 2.24) is 4.90 Å². The van der Waals surface area contributed by atoms with Gasteiger partial charge in [0, 0.05) is 19.8 Å². The van der Waals surface area contributed by atoms with E-state index in [1.54, 1.807) is 12.4 Å². The minimum atomic E-state index is -3.92. The SMILES string of the molecule is CCCS(=O)(=O)[O-].CN(C)C=S.[Na+]. The fourth-order valence-electron chi connectivity index (χ4n) is 0.250. The molecular formula is C6H14NNaO3S2. The first-order valence-electron chi connectivity index (χ1n) is 3.38. The van der Waals surface area contributed by atoms with Crippen molar-refractivity contribution in [1.29, 1.82) is 0 Å². The predicted molar refractivity (Wildman–Crippen MR) is 52.2 cm³/mol. The molecule has 0 aromatic carbocycles. The molecule has 0 aliphatic heterocycles. The maximum atomic E-state index is 9.68. The van der Waals surface area contributed by atoms with Gasteiger partial charge in [0.2, 0.25) is 0 Å². The second kappa shape index (κ2) is 10.9. The fourth-order valence-corrected chi connectivity index (χ4v) is 0.750. The summed E-state index contributed by atoms with van der Waals surface area (Å²) in [5.41, 5.74) is 1.58. The van der Waals surface area contributed by atoms with Crippen molar-refractivity contribution >= 4 is 27.8 Å². The van der Waals surface area contributed by atoms with E-state index in [-0.39, 0.29) is 35.3 Å². The average molecular weight is 235 g/mol. The van der Waals surface area contributed by atoms with Gasteiger partial charge >= 0.3 is 29.6 Å². The van der Waals surface area contributed by atoms with E-state index >= 15 is 0 Å². The van der Waals surface area contributed by atoms with Crippen LogP contribution in [0.5, 0.6) is 0 Å². The van der Waals surface area contributed by atoms with Crippen LogP contribution < -0.4 is 29.6 Å². The Kier molecular flexibility index (Phi) is 16.2. The molecule has 0 atom stereocenters. The molecule has 0 rings (SSSR count). The monoisotopic (exact) mass is 235 g/mol. The van der Waals surface area contributed by atoms with Crippen LogP contribution in [-0.4, -0.2) is 43.2 Å². The first-order valence-corrected chi connectivity index (χ1v) is 5.43. The third-order valence-electron chi connectivity index (χ3n) is 0.665. The Labute approximate surface area is 108 Å². The molecule has 0 aliphatic rings. The molecule has 0 spiro atoms. The van der Waals surface area contributed by atoms with Crippen LogP contribution in [0.25, 0.3) is 0 Å². The van der Waals surface area contributed by atoms with Gasteiger partial charge in [-0.3, -0.25) is 0 Å². The molecule has 0 heterocycles. The van der Waals surface area contributed by atoms with E-state index in [0.29, 0.717) is 6.42 Å². The molecule has 0 aromatic rings. The number of nitrogens with zero attached hydrogens (tertiary/aromatic N) is 1. The summed E-state index contributed by atoms with van der Waals surface area (Å²) in [6.07, 6.45) is 0.409. The third kappa shape index (κ3) is 32.3. The maximum absolute atomic E-state index is 9.68. The average Bonchev–Trinajstić information content (AvgIpc) is 1.86. The van der Waals surface area contributed by atoms with Gasteiger partial charge < -0.3 is 9.45 Å². The van der Waals surface area contributed by atoms with Gasteiger partial charge in [-0.2, -0.15) is 0 Å². The van der Waals surface area contributed by atoms with Gasteiger partial charge in [0.05, 0.1) is 15.6 Å². The molecule has 4 nitrogen and oxygen atoms in total. The van der Waals surface area contributed by atoms with Crippen molar-refractivity contribution in [3.8, 4) is 0 Å². The van der Waals surface area contributed by atoms with Gasteiger partial charge in [0.15, 0.2) is 0 Å². The van der Waals surface area contributed by atoms with Crippen molar-refractivity contribution < 1.29 is 42.5 Å². The fraction of sp³-hybridized carbons (Fsp3) is 0.833. The summed E-state index contributed by atoms with van der Waals surface area (Å²) in [6.45, 7) is 1.65. The maximum Gasteiger partial charge on any atom is 1.00 e. The van der Waals surface area contributed by atoms with E-state index in [1.807, 2.05) is 19.0 Å². The number of hydrogen-bond donors (Lipinski definition) is 0. The van der Waals surface area contributed by atoms with Crippen LogP contribution in [0.2, 0.25) is 0 Å². The minimum Gasteiger partial charge on any atom is -0.748 e. The summed E-state index contributed by atoms with van der Waals surface area (Å²) in [6, 6.07) is 0. The molecule has 13 heavy (non-hydrogen) atoms. The summed E-state index contributed by atoms with van der Waals surface area (Å²) in [7, 11) is -0.133. The van der Waals surface area contributed by atoms with Crippen LogP contribution >= 0.6 is 12.2 Å². The Morgan fingerprint density at radius 1 is 1.46 bits per heavy atom. The Bertz CT molecular complexity index is 204. The smallest absolute Gasteiger partial charge is 0.748 e. The largest absolute Gasteiger partial charge is 1.00 e. The van der Waals surface area contributed by atoms with E-state index < -0.39 is 10.1 Å². The molecule has 0 bridgehead atoms. The van der Waals surface area contributed by atoms with Crippen LogP contribution in [-0.2, 0) is 10.1 Å². The van der Waals surface area contributed by atoms with Crippen LogP contribution in [0.1, 0.15) is 13.3 Å². The first-order chi connectivity index (χ1) is 5.33. The zero-order valence-electron chi connectivity index (χ0n) is 8.48. The molecule has 0 unspecified atom stereocenters. The van der Waals surface area contributed by atoms with Gasteiger partial charge in [-0.15, -0.1) is 0 Å². The van der Waals surface area contributed by atoms with Crippen molar-refractivity contribution in [2.75, 3.05) is 19.8 Å². The number of rotatable bonds is 3. The topological polar surface area (TPSA) is 60.4 Å². The zero-order chi connectivity index (χ0) is 10.2. The van der Waals surface area contributed by atoms with Gasteiger partial charge in [-0.1, -0.05) is 19.1 Å². The summed E-state index contributed by atoms with van der Waals surface area (Å²) in [5, 5.41) is 0. The normalized spacial score (nSPS) is 8.92. The van der Waals surface area contributed by atoms with Gasteiger partial charge in [-0.25, -0.2) is 8.42 Å². The summed E-state index contributed by atoms with van der Waals surface area (Å²) >= 11 is 4.48. The number of thiocarbonyl (C=S) groups is 1. The van der Waals surface area contributed by atoms with Crippen LogP contribution in [0, 0.1) is 0 Å². The second-order valence-electron chi connectivity index (χ2n) is 2.33. The molecule has 0 aromatic heterocycles. The Morgan fingerprint density at radius 2 is 1.77 bits per heavy atom. The molecule has 7 heteroatoms. The molecule has 0 amide bonds. The standard InChI is InChI=1S/C3H7NS.C3H8O3S.Na/c1-4(2)3-5;1-2-3-7(4,5)6;/h3H,1-2H3;2-3H2,1H3,(H,4,5,6);/q;;+1/p-1. The molecule has 0 fully saturated rings. The summed E-state index contributed by atoms with van der Waals surface area (Å²) in [4.78, 5) is 1.81. The van der Waals surface area contributed by atoms with Crippen molar-refractivity contribution in [2.24, 2.45) is 0 Å². The zero-order valence-corrected chi connectivity index (χ0v) is 12.1. The van der Waals surface area contributed by atoms with E-state index in [0.717, 1.165) is 0 Å². The predicted octanol–water partition coefficient (Wildman–Crippen LogP) is -2.55. The van der Waals surface area contributed by atoms with Crippen molar-refractivity contribution in [3.05, 3.63) is 0 Å². The Morgan fingerprint density at radius 3 is 1.77 bits per heavy atom. The summed E-state index contributed by atoms with van der Waals surface area (Å²) < 4.78 is 29.0. The minimum absolute atomic E-state index is 0. The Hall–Kier alpha value is 0.800. The molecule has 0 N–H and O–H groups in total. The van der Waals surface area contributed by atoms with Crippen molar-refractivity contribution in [2.45, 2.75) is 13.3 Å². The molecule has 0 saturated heterocycles. The van der Waals surface area contributed by atoms with Gasteiger partial charge in [0.1, 0.15) is 0 Å². The van der Waals surface area contributed by atoms with Gasteiger partial charge in [0.25, 0.3) is 0 Å². The van der Waals surface area contributed by atoms with E-state index in [9.17, 15) is 13.0 Å². The summed E-state index contributed by atoms with van der Waals surface area (Å²) in [5.74, 6) is -0.243. The van der Waals surface area contributed by atoms with E-state index in [2.05, 4.69) is 12.2 Å². The molecular weight excluding hydrogens is 221 g/mol. The quantitative estimate of drug-likeness (QED) is 0.306. The van der Waals surface area contributed by atoms with Crippen LogP contribution in [0.3, 0.4) is 0 Å². The first kappa shape index (κ1) is 19.4. The molecule has 0 radical (unpaired) electrons. The van der Waals surface area contributed by atoms with E-state index in [4.69, 9.17) is 0 Å². The van der Waals surface area contributed by atoms with Crippen LogP contribution in [0.4, 0.5) is 0 Å². The van der Waals surface area contributed by atoms with Gasteiger partial charge in [-0.05, 0) is 6.42 Å². The molecule has 0 aliphatic carbocycles. The Balaban J connectivity index is -0.000000150. The van der Waals surface area contributed by atoms with E-state index in [1.165, 1.54) is 0 Å². The van der Waals surface area contributed by atoms with Crippen molar-refractivity contribution in [3.63, 3.8) is 0 Å². The third-order valence-corrected chi connectivity index (χ3v) is 1.99. The molecule has 74 valence electrons. The second-order valence-corrected chi connectivity index (χ2v) is 4.07. The molecule has 0 saturated carbocycles. The van der Waals surface area contributed by atoms with Crippen LogP contribution in [0.15, 0.2) is 0 Å².